The summed E-state index contributed by atoms with van der Waals surface area (Å²) >= 11 is 0. The van der Waals surface area contributed by atoms with E-state index in [1.165, 1.54) is 6.08 Å². The lowest BCUT2D eigenvalue weighted by molar-refractivity contribution is -0.135. The van der Waals surface area contributed by atoms with Crippen molar-refractivity contribution in [2.45, 2.75) is 6.10 Å². The first-order valence-corrected chi connectivity index (χ1v) is 5.61. The van der Waals surface area contributed by atoms with Crippen LogP contribution in [0.4, 0.5) is 0 Å². The molecule has 0 atom stereocenters. The van der Waals surface area contributed by atoms with Crippen molar-refractivity contribution in [3.8, 4) is 0 Å². The molecular weight excluding hydrogens is 232 g/mol. The van der Waals surface area contributed by atoms with E-state index in [-0.39, 0.29) is 5.91 Å². The van der Waals surface area contributed by atoms with Crippen LogP contribution in [0.5, 0.6) is 0 Å². The van der Waals surface area contributed by atoms with Gasteiger partial charge in [0, 0.05) is 24.7 Å². The Morgan fingerprint density at radius 1 is 1.28 bits per heavy atom. The minimum absolute atomic E-state index is 0.126. The highest BCUT2D eigenvalue weighted by molar-refractivity contribution is 5.94. The summed E-state index contributed by atoms with van der Waals surface area (Å²) in [7, 11) is 0. The zero-order valence-electron chi connectivity index (χ0n) is 9.74. The number of amides is 2. The number of carbonyl (C=O) groups is 2. The lowest BCUT2D eigenvalue weighted by Gasteiger charge is -2.34. The van der Waals surface area contributed by atoms with Gasteiger partial charge in [-0.25, -0.2) is 0 Å². The smallest absolute Gasteiger partial charge is 0.248 e. The minimum Gasteiger partial charge on any atom is -0.389 e. The van der Waals surface area contributed by atoms with Crippen molar-refractivity contribution in [2.24, 2.45) is 5.73 Å². The monoisotopic (exact) mass is 246 g/mol. The quantitative estimate of drug-likeness (QED) is 0.736. The van der Waals surface area contributed by atoms with Crippen LogP contribution >= 0.6 is 0 Å². The molecule has 2 amide bonds. The number of primary amides is 1. The van der Waals surface area contributed by atoms with Crippen molar-refractivity contribution in [2.75, 3.05) is 13.1 Å². The minimum atomic E-state index is -0.476. The SMILES string of the molecule is NC(=O)c1ccc(C=CC(=O)N2CC(O)C2)cc1. The number of nitrogens with zero attached hydrogens (tertiary/aromatic N) is 1. The lowest BCUT2D eigenvalue weighted by Crippen LogP contribution is -2.52. The maximum atomic E-state index is 11.6. The van der Waals surface area contributed by atoms with E-state index in [2.05, 4.69) is 0 Å². The van der Waals surface area contributed by atoms with Crippen LogP contribution in [-0.2, 0) is 4.79 Å². The highest BCUT2D eigenvalue weighted by Gasteiger charge is 2.26. The molecule has 1 heterocycles. The summed E-state index contributed by atoms with van der Waals surface area (Å²) in [5.74, 6) is -0.601. The first kappa shape index (κ1) is 12.3. The van der Waals surface area contributed by atoms with Crippen LogP contribution in [0.15, 0.2) is 30.3 Å². The molecule has 0 spiro atoms. The van der Waals surface area contributed by atoms with E-state index >= 15 is 0 Å². The van der Waals surface area contributed by atoms with Gasteiger partial charge in [-0.05, 0) is 23.8 Å². The van der Waals surface area contributed by atoms with Crippen molar-refractivity contribution in [1.29, 1.82) is 0 Å². The molecule has 5 nitrogen and oxygen atoms in total. The molecule has 0 aromatic heterocycles. The highest BCUT2D eigenvalue weighted by atomic mass is 16.3. The first-order valence-electron chi connectivity index (χ1n) is 5.61. The Labute approximate surface area is 105 Å². The van der Waals surface area contributed by atoms with E-state index < -0.39 is 12.0 Å². The predicted molar refractivity (Wildman–Crippen MR) is 66.6 cm³/mol. The second kappa shape index (κ2) is 5.01. The number of aliphatic hydroxyl groups is 1. The molecular formula is C13H14N2O3. The lowest BCUT2D eigenvalue weighted by atomic mass is 10.1. The summed E-state index contributed by atoms with van der Waals surface area (Å²) in [5, 5.41) is 9.07. The van der Waals surface area contributed by atoms with Gasteiger partial charge in [0.25, 0.3) is 0 Å². The number of hydrogen-bond acceptors (Lipinski definition) is 3. The van der Waals surface area contributed by atoms with E-state index in [4.69, 9.17) is 10.8 Å². The third-order valence-electron chi connectivity index (χ3n) is 2.79. The van der Waals surface area contributed by atoms with E-state index in [1.807, 2.05) is 0 Å². The molecule has 94 valence electrons. The average Bonchev–Trinajstić information content (AvgIpc) is 2.32. The van der Waals surface area contributed by atoms with E-state index in [9.17, 15) is 9.59 Å². The number of likely N-dealkylation sites (tertiary alicyclic amines) is 1. The fraction of sp³-hybridized carbons (Fsp3) is 0.231. The number of carbonyl (C=O) groups excluding carboxylic acids is 2. The molecule has 0 aliphatic carbocycles. The summed E-state index contributed by atoms with van der Waals surface area (Å²) in [5.41, 5.74) is 6.37. The largest absolute Gasteiger partial charge is 0.389 e. The Hall–Kier alpha value is -2.14. The summed E-state index contributed by atoms with van der Waals surface area (Å²) in [6.45, 7) is 0.785. The summed E-state index contributed by atoms with van der Waals surface area (Å²) in [6, 6.07) is 6.66. The fourth-order valence-electron chi connectivity index (χ4n) is 1.67. The molecule has 5 heteroatoms. The Morgan fingerprint density at radius 3 is 2.39 bits per heavy atom. The molecule has 1 saturated heterocycles. The van der Waals surface area contributed by atoms with Gasteiger partial charge in [0.2, 0.25) is 11.8 Å². The third kappa shape index (κ3) is 2.75. The van der Waals surface area contributed by atoms with Crippen molar-refractivity contribution >= 4 is 17.9 Å². The number of rotatable bonds is 3. The van der Waals surface area contributed by atoms with Crippen molar-refractivity contribution in [3.05, 3.63) is 41.5 Å². The number of hydrogen-bond donors (Lipinski definition) is 2. The van der Waals surface area contributed by atoms with Crippen LogP contribution in [0.1, 0.15) is 15.9 Å². The number of β-amino-alcohol motifs (C(OH)–C–C–N with tert-alkyl or cyclic N) is 1. The van der Waals surface area contributed by atoms with E-state index in [0.717, 1.165) is 5.56 Å². The summed E-state index contributed by atoms with van der Waals surface area (Å²) in [6.07, 6.45) is 2.72. The average molecular weight is 246 g/mol. The van der Waals surface area contributed by atoms with Gasteiger partial charge in [0.05, 0.1) is 6.10 Å². The third-order valence-corrected chi connectivity index (χ3v) is 2.79. The molecule has 0 unspecified atom stereocenters. The molecule has 0 saturated carbocycles. The zero-order valence-corrected chi connectivity index (χ0v) is 9.74. The maximum absolute atomic E-state index is 11.6. The molecule has 1 aromatic rings. The van der Waals surface area contributed by atoms with Crippen molar-refractivity contribution in [1.82, 2.24) is 4.90 Å². The first-order chi connectivity index (χ1) is 8.56. The van der Waals surface area contributed by atoms with Crippen LogP contribution < -0.4 is 5.73 Å². The molecule has 0 radical (unpaired) electrons. The van der Waals surface area contributed by atoms with Gasteiger partial charge < -0.3 is 15.7 Å². The summed E-state index contributed by atoms with van der Waals surface area (Å²) < 4.78 is 0. The van der Waals surface area contributed by atoms with Crippen molar-refractivity contribution in [3.63, 3.8) is 0 Å². The molecule has 1 aliphatic heterocycles. The Bertz CT molecular complexity index is 487. The Morgan fingerprint density at radius 2 is 1.89 bits per heavy atom. The predicted octanol–water partition coefficient (Wildman–Crippen LogP) is 0.00180. The zero-order chi connectivity index (χ0) is 13.1. The van der Waals surface area contributed by atoms with E-state index in [0.29, 0.717) is 18.7 Å². The Kier molecular flexibility index (Phi) is 3.43. The van der Waals surface area contributed by atoms with Gasteiger partial charge in [-0.3, -0.25) is 9.59 Å². The van der Waals surface area contributed by atoms with E-state index in [1.54, 1.807) is 35.2 Å². The highest BCUT2D eigenvalue weighted by Crippen LogP contribution is 2.10. The van der Waals surface area contributed by atoms with Gasteiger partial charge in [0.1, 0.15) is 0 Å². The second-order valence-corrected chi connectivity index (χ2v) is 4.22. The molecule has 1 fully saturated rings. The van der Waals surface area contributed by atoms with Gasteiger partial charge in [0.15, 0.2) is 0 Å². The van der Waals surface area contributed by atoms with Crippen LogP contribution in [0.2, 0.25) is 0 Å². The molecule has 3 N–H and O–H groups in total. The maximum Gasteiger partial charge on any atom is 0.248 e. The number of aliphatic hydroxyl groups excluding tert-OH is 1. The Balaban J connectivity index is 1.96. The molecule has 2 rings (SSSR count). The molecule has 1 aromatic carbocycles. The van der Waals surface area contributed by atoms with Crippen molar-refractivity contribution < 1.29 is 14.7 Å². The van der Waals surface area contributed by atoms with Gasteiger partial charge in [-0.2, -0.15) is 0 Å². The van der Waals surface area contributed by atoms with Gasteiger partial charge in [-0.15, -0.1) is 0 Å². The van der Waals surface area contributed by atoms with Crippen LogP contribution in [0, 0.1) is 0 Å². The van der Waals surface area contributed by atoms with Crippen LogP contribution in [0.25, 0.3) is 6.08 Å². The van der Waals surface area contributed by atoms with Gasteiger partial charge in [-0.1, -0.05) is 12.1 Å². The van der Waals surface area contributed by atoms with Crippen LogP contribution in [0.3, 0.4) is 0 Å². The van der Waals surface area contributed by atoms with Crippen LogP contribution in [-0.4, -0.2) is 41.0 Å². The van der Waals surface area contributed by atoms with Gasteiger partial charge >= 0.3 is 0 Å². The molecule has 0 bridgehead atoms. The topological polar surface area (TPSA) is 83.6 Å². The molecule has 18 heavy (non-hydrogen) atoms. The number of nitrogens with two attached hydrogens (primary N) is 1. The summed E-state index contributed by atoms with van der Waals surface area (Å²) in [4.78, 5) is 24.0. The standard InChI is InChI=1S/C13H14N2O3/c14-13(18)10-4-1-9(2-5-10)3-6-12(17)15-7-11(16)8-15/h1-6,11,16H,7-8H2,(H2,14,18). The normalized spacial score (nSPS) is 15.7. The second-order valence-electron chi connectivity index (χ2n) is 4.22. The fourth-order valence-corrected chi connectivity index (χ4v) is 1.67. The molecule has 1 aliphatic rings. The number of benzene rings is 1.